The summed E-state index contributed by atoms with van der Waals surface area (Å²) >= 11 is 0. The fourth-order valence-electron chi connectivity index (χ4n) is 3.21. The molecular weight excluding hydrogens is 441 g/mol. The fourth-order valence-corrected chi connectivity index (χ4v) is 3.21. The highest BCUT2D eigenvalue weighted by atomic mass is 19.4. The van der Waals surface area contributed by atoms with Gasteiger partial charge in [0.1, 0.15) is 11.4 Å². The molecule has 1 amide bonds. The summed E-state index contributed by atoms with van der Waals surface area (Å²) in [5.74, 6) is -0.325. The number of anilines is 1. The molecule has 1 aromatic carbocycles. The maximum Gasteiger partial charge on any atom is 0.573 e. The molecule has 0 radical (unpaired) electrons. The van der Waals surface area contributed by atoms with E-state index in [9.17, 15) is 18.0 Å². The van der Waals surface area contributed by atoms with Crippen molar-refractivity contribution < 1.29 is 31.8 Å². The van der Waals surface area contributed by atoms with Crippen LogP contribution in [0.4, 0.5) is 19.0 Å². The molecule has 1 aliphatic heterocycles. The number of fused-ring (bicyclic) bond motifs is 1. The van der Waals surface area contributed by atoms with E-state index in [2.05, 4.69) is 30.3 Å². The van der Waals surface area contributed by atoms with E-state index < -0.39 is 18.3 Å². The van der Waals surface area contributed by atoms with E-state index in [1.165, 1.54) is 22.6 Å². The van der Waals surface area contributed by atoms with Gasteiger partial charge in [-0.2, -0.15) is 0 Å². The van der Waals surface area contributed by atoms with Crippen LogP contribution in [0.1, 0.15) is 13.8 Å². The number of ether oxygens (including phenoxy) is 2. The van der Waals surface area contributed by atoms with Crippen molar-refractivity contribution in [1.82, 2.24) is 15.3 Å². The zero-order chi connectivity index (χ0) is 23.6. The summed E-state index contributed by atoms with van der Waals surface area (Å²) in [5.41, 5.74) is 1.37. The number of carbonyl (C=O) groups is 1. The quantitative estimate of drug-likeness (QED) is 0.567. The molecule has 0 aliphatic carbocycles. The van der Waals surface area contributed by atoms with E-state index in [0.29, 0.717) is 29.2 Å². The molecule has 9 nitrogen and oxygen atoms in total. The highest BCUT2D eigenvalue weighted by Crippen LogP contribution is 2.26. The predicted molar refractivity (Wildman–Crippen MR) is 108 cm³/mol. The molecule has 3 heterocycles. The minimum atomic E-state index is -4.81. The molecule has 0 bridgehead atoms. The van der Waals surface area contributed by atoms with Gasteiger partial charge < -0.3 is 14.8 Å². The van der Waals surface area contributed by atoms with Crippen molar-refractivity contribution in [2.24, 2.45) is 4.99 Å². The second kappa shape index (κ2) is 8.81. The first-order valence-electron chi connectivity index (χ1n) is 9.89. The van der Waals surface area contributed by atoms with Gasteiger partial charge in [-0.05, 0) is 38.1 Å². The minimum absolute atomic E-state index is 0.213. The number of halogens is 3. The van der Waals surface area contributed by atoms with Gasteiger partial charge in [-0.1, -0.05) is 26.6 Å². The van der Waals surface area contributed by atoms with E-state index in [1.807, 2.05) is 6.92 Å². The first-order chi connectivity index (χ1) is 15.7. The normalized spacial score (nSPS) is 14.9. The molecule has 0 spiro atoms. The van der Waals surface area contributed by atoms with Crippen LogP contribution in [0.15, 0.2) is 53.5 Å². The average molecular weight is 459 g/mol. The summed E-state index contributed by atoms with van der Waals surface area (Å²) < 4.78 is 48.2. The second-order valence-electron chi connectivity index (χ2n) is 6.90. The van der Waals surface area contributed by atoms with E-state index in [-0.39, 0.29) is 17.3 Å². The molecule has 1 aliphatic rings. The summed E-state index contributed by atoms with van der Waals surface area (Å²) in [6.07, 6.45) is -4.81. The average Bonchev–Trinajstić information content (AvgIpc) is 3.09. The van der Waals surface area contributed by atoms with Crippen LogP contribution >= 0.6 is 0 Å². The van der Waals surface area contributed by atoms with Gasteiger partial charge in [0, 0.05) is 17.7 Å². The van der Waals surface area contributed by atoms with Crippen molar-refractivity contribution in [2.75, 3.05) is 11.9 Å². The Balaban J connectivity index is 1.66. The Morgan fingerprint density at radius 3 is 2.67 bits per heavy atom. The smallest absolute Gasteiger partial charge is 0.477 e. The standard InChI is InChI=1S/C21H17F3N6O3/c1-3-32-18-10-8-16(27-28-18)26-20(31)19-12(2)25-17-9-7-15(29-30(17)19)13-5-4-6-14(11-13)33-21(22,23)24/h4-12H,3H2,1-2H3/p+1. The number of hydrogen-bond donors (Lipinski definition) is 1. The Morgan fingerprint density at radius 2 is 1.97 bits per heavy atom. The maximum atomic E-state index is 12.9. The van der Waals surface area contributed by atoms with Gasteiger partial charge in [0.2, 0.25) is 17.6 Å². The van der Waals surface area contributed by atoms with E-state index in [1.54, 1.807) is 37.3 Å². The van der Waals surface area contributed by atoms with Gasteiger partial charge in [0.05, 0.1) is 6.61 Å². The number of amides is 1. The first-order valence-corrected chi connectivity index (χ1v) is 9.89. The summed E-state index contributed by atoms with van der Waals surface area (Å²) in [7, 11) is 0. The van der Waals surface area contributed by atoms with Crippen molar-refractivity contribution in [3.8, 4) is 22.9 Å². The lowest BCUT2D eigenvalue weighted by molar-refractivity contribution is -0.597. The topological polar surface area (TPSA) is 104 Å². The number of nitrogens with zero attached hydrogens (tertiary/aromatic N) is 5. The summed E-state index contributed by atoms with van der Waals surface area (Å²) in [4.78, 5) is 17.4. The fraction of sp³-hybridized carbons (Fsp3) is 0.238. The molecular formula is C21H18F3N6O3+. The SMILES string of the molecule is CCOc1ccc(NC(=O)C2=[n+]3nc(-c4cccc(OC(F)(F)F)c4)ccc3=NC2C)nn1. The van der Waals surface area contributed by atoms with Gasteiger partial charge in [-0.25, -0.2) is 0 Å². The molecule has 4 rings (SSSR count). The third-order valence-corrected chi connectivity index (χ3v) is 4.53. The van der Waals surface area contributed by atoms with Crippen LogP contribution < -0.4 is 24.6 Å². The van der Waals surface area contributed by atoms with Gasteiger partial charge in [-0.3, -0.25) is 4.79 Å². The van der Waals surface area contributed by atoms with Gasteiger partial charge in [0.15, 0.2) is 5.82 Å². The van der Waals surface area contributed by atoms with Crippen molar-refractivity contribution >= 4 is 11.7 Å². The van der Waals surface area contributed by atoms with Crippen LogP contribution in [-0.2, 0) is 4.79 Å². The summed E-state index contributed by atoms with van der Waals surface area (Å²) in [6, 6.07) is 11.3. The van der Waals surface area contributed by atoms with Crippen molar-refractivity contribution in [2.45, 2.75) is 26.3 Å². The highest BCUT2D eigenvalue weighted by molar-refractivity contribution is 5.98. The maximum absolute atomic E-state index is 12.9. The van der Waals surface area contributed by atoms with Crippen LogP contribution in [-0.4, -0.2) is 40.2 Å². The minimum Gasteiger partial charge on any atom is -0.477 e. The molecule has 33 heavy (non-hydrogen) atoms. The number of rotatable bonds is 6. The largest absolute Gasteiger partial charge is 0.573 e. The Kier molecular flexibility index (Phi) is 5.90. The summed E-state index contributed by atoms with van der Waals surface area (Å²) in [5, 5.41) is 14.8. The lowest BCUT2D eigenvalue weighted by Crippen LogP contribution is -2.44. The molecule has 0 saturated carbocycles. The van der Waals surface area contributed by atoms with E-state index >= 15 is 0 Å². The number of hydrogen-bond acceptors (Lipinski definition) is 7. The number of aromatic nitrogens is 4. The zero-order valence-electron chi connectivity index (χ0n) is 17.5. The molecule has 12 heteroatoms. The Hall–Kier alpha value is -4.09. The second-order valence-corrected chi connectivity index (χ2v) is 6.90. The van der Waals surface area contributed by atoms with E-state index in [0.717, 1.165) is 0 Å². The summed E-state index contributed by atoms with van der Waals surface area (Å²) in [6.45, 7) is 3.98. The van der Waals surface area contributed by atoms with Gasteiger partial charge >= 0.3 is 11.9 Å². The van der Waals surface area contributed by atoms with Crippen molar-refractivity contribution in [3.63, 3.8) is 0 Å². The number of carbonyl (C=O) groups excluding carboxylic acids is 1. The zero-order valence-corrected chi connectivity index (χ0v) is 17.5. The molecule has 2 aromatic heterocycles. The monoisotopic (exact) mass is 459 g/mol. The van der Waals surface area contributed by atoms with Crippen molar-refractivity contribution in [1.29, 1.82) is 0 Å². The van der Waals surface area contributed by atoms with Crippen LogP contribution in [0, 0.1) is 5.71 Å². The number of nitrogens with one attached hydrogen (secondary N) is 1. The lowest BCUT2D eigenvalue weighted by Gasteiger charge is -2.09. The molecule has 3 aromatic rings. The first kappa shape index (κ1) is 22.1. The molecule has 1 N–H and O–H groups in total. The Bertz CT molecular complexity index is 1310. The lowest BCUT2D eigenvalue weighted by atomic mass is 10.1. The predicted octanol–water partition coefficient (Wildman–Crippen LogP) is 2.16. The Morgan fingerprint density at radius 1 is 1.15 bits per heavy atom. The molecule has 1 unspecified atom stereocenters. The van der Waals surface area contributed by atoms with Crippen LogP contribution in [0.2, 0.25) is 0 Å². The van der Waals surface area contributed by atoms with Gasteiger partial charge in [-0.15, -0.1) is 23.4 Å². The molecule has 1 atom stereocenters. The van der Waals surface area contributed by atoms with E-state index in [4.69, 9.17) is 4.74 Å². The molecule has 170 valence electrons. The van der Waals surface area contributed by atoms with Crippen molar-refractivity contribution in [3.05, 3.63) is 59.7 Å². The van der Waals surface area contributed by atoms with Crippen LogP contribution in [0.25, 0.3) is 11.3 Å². The number of alkyl halides is 3. The van der Waals surface area contributed by atoms with Crippen LogP contribution in [0.3, 0.4) is 0 Å². The van der Waals surface area contributed by atoms with Crippen LogP contribution in [0.5, 0.6) is 11.6 Å². The Labute approximate surface area is 185 Å². The third kappa shape index (κ3) is 5.05. The number of benzene rings is 1. The molecule has 0 saturated heterocycles. The highest BCUT2D eigenvalue weighted by Gasteiger charge is 2.34. The third-order valence-electron chi connectivity index (χ3n) is 4.53. The molecule has 0 fully saturated rings. The van der Waals surface area contributed by atoms with Gasteiger partial charge in [0.25, 0.3) is 5.91 Å².